The molecule has 0 amide bonds. The van der Waals surface area contributed by atoms with Gasteiger partial charge in [0, 0.05) is 10.0 Å². The van der Waals surface area contributed by atoms with Gasteiger partial charge in [-0.05, 0) is 28.1 Å². The molecular formula is C19H22BrN7O7. The molecule has 4 rings (SSSR count). The van der Waals surface area contributed by atoms with Crippen molar-refractivity contribution in [1.29, 1.82) is 0 Å². The molecular weight excluding hydrogens is 518 g/mol. The van der Waals surface area contributed by atoms with Crippen LogP contribution in [0.2, 0.25) is 0 Å². The molecule has 3 aromatic rings. The van der Waals surface area contributed by atoms with Crippen molar-refractivity contribution >= 4 is 45.2 Å². The Bertz CT molecular complexity index is 1290. The maximum atomic E-state index is 12.4. The van der Waals surface area contributed by atoms with Gasteiger partial charge in [-0.25, -0.2) is 10.4 Å². The summed E-state index contributed by atoms with van der Waals surface area (Å²) in [6.45, 7) is -0.536. The second kappa shape index (κ2) is 9.55. The number of aromatic amines is 1. The fraction of sp³-hybridized carbons (Fsp3) is 0.368. The number of aliphatic hydroxyl groups excluding tert-OH is 3. The van der Waals surface area contributed by atoms with Gasteiger partial charge in [-0.15, -0.1) is 0 Å². The SMILES string of the molecule is COc1cc(Br)c(C=NNc2nc3c(=O)[nH]c(N)nc3n2C2OC(CO)C(O)C2O)cc1OC. The minimum atomic E-state index is -1.46. The number of hydrazone groups is 1. The normalized spacial score (nSPS) is 22.5. The number of aliphatic hydroxyl groups is 3. The van der Waals surface area contributed by atoms with Gasteiger partial charge in [0.2, 0.25) is 11.9 Å². The minimum Gasteiger partial charge on any atom is -0.493 e. The van der Waals surface area contributed by atoms with E-state index in [-0.39, 0.29) is 23.1 Å². The number of nitrogens with zero attached hydrogens (tertiary/aromatic N) is 4. The van der Waals surface area contributed by atoms with E-state index < -0.39 is 36.7 Å². The van der Waals surface area contributed by atoms with Crippen LogP contribution in [0, 0.1) is 0 Å². The summed E-state index contributed by atoms with van der Waals surface area (Å²) in [5, 5.41) is 34.3. The van der Waals surface area contributed by atoms with Gasteiger partial charge in [0.15, 0.2) is 28.9 Å². The highest BCUT2D eigenvalue weighted by atomic mass is 79.9. The molecule has 34 heavy (non-hydrogen) atoms. The Kier molecular flexibility index (Phi) is 6.72. The minimum absolute atomic E-state index is 0.0129. The number of aromatic nitrogens is 4. The number of H-pyrrole nitrogens is 1. The van der Waals surface area contributed by atoms with Crippen molar-refractivity contribution in [2.24, 2.45) is 5.10 Å². The van der Waals surface area contributed by atoms with Gasteiger partial charge in [0.05, 0.1) is 27.0 Å². The lowest BCUT2D eigenvalue weighted by Gasteiger charge is -2.18. The van der Waals surface area contributed by atoms with Crippen LogP contribution in [0.15, 0.2) is 26.5 Å². The van der Waals surface area contributed by atoms with Crippen molar-refractivity contribution in [2.45, 2.75) is 24.5 Å². The van der Waals surface area contributed by atoms with E-state index >= 15 is 0 Å². The number of benzene rings is 1. The number of rotatable bonds is 7. The van der Waals surface area contributed by atoms with E-state index in [9.17, 15) is 20.1 Å². The largest absolute Gasteiger partial charge is 0.493 e. The lowest BCUT2D eigenvalue weighted by Crippen LogP contribution is -2.33. The van der Waals surface area contributed by atoms with Crippen LogP contribution in [0.4, 0.5) is 11.9 Å². The van der Waals surface area contributed by atoms with Gasteiger partial charge in [0.1, 0.15) is 18.3 Å². The number of nitrogens with one attached hydrogen (secondary N) is 2. The number of nitrogens with two attached hydrogens (primary N) is 1. The molecule has 1 aliphatic rings. The molecule has 1 fully saturated rings. The molecule has 1 aliphatic heterocycles. The number of ether oxygens (including phenoxy) is 3. The van der Waals surface area contributed by atoms with E-state index in [1.807, 2.05) is 0 Å². The van der Waals surface area contributed by atoms with Gasteiger partial charge in [-0.1, -0.05) is 0 Å². The summed E-state index contributed by atoms with van der Waals surface area (Å²) in [6.07, 6.45) is -3.68. The van der Waals surface area contributed by atoms with Gasteiger partial charge < -0.3 is 35.3 Å². The molecule has 0 radical (unpaired) electrons. The molecule has 182 valence electrons. The lowest BCUT2D eigenvalue weighted by atomic mass is 10.1. The number of imidazole rings is 1. The number of hydrogen-bond acceptors (Lipinski definition) is 12. The zero-order valence-corrected chi connectivity index (χ0v) is 19.6. The Balaban J connectivity index is 1.74. The topological polar surface area (TPSA) is 202 Å². The van der Waals surface area contributed by atoms with Gasteiger partial charge in [-0.2, -0.15) is 10.1 Å². The summed E-state index contributed by atoms with van der Waals surface area (Å²) >= 11 is 3.43. The quantitative estimate of drug-likeness (QED) is 0.167. The summed E-state index contributed by atoms with van der Waals surface area (Å²) in [6, 6.07) is 3.40. The molecule has 1 saturated heterocycles. The van der Waals surface area contributed by atoms with E-state index in [1.165, 1.54) is 25.0 Å². The van der Waals surface area contributed by atoms with Crippen molar-refractivity contribution < 1.29 is 29.5 Å². The number of hydrogen-bond donors (Lipinski definition) is 6. The third-order valence-corrected chi connectivity index (χ3v) is 5.90. The fourth-order valence-electron chi connectivity index (χ4n) is 3.54. The maximum Gasteiger partial charge on any atom is 0.280 e. The van der Waals surface area contributed by atoms with Crippen LogP contribution in [0.25, 0.3) is 11.2 Å². The van der Waals surface area contributed by atoms with Gasteiger partial charge in [0.25, 0.3) is 5.56 Å². The molecule has 0 aliphatic carbocycles. The summed E-state index contributed by atoms with van der Waals surface area (Å²) in [5.41, 5.74) is 8.27. The number of anilines is 2. The van der Waals surface area contributed by atoms with Crippen LogP contribution < -0.4 is 26.2 Å². The molecule has 3 heterocycles. The number of nitrogen functional groups attached to an aromatic ring is 1. The second-order valence-corrected chi connectivity index (χ2v) is 8.11. The summed E-state index contributed by atoms with van der Waals surface area (Å²) in [7, 11) is 3.02. The number of halogens is 1. The molecule has 0 saturated carbocycles. The first-order valence-corrected chi connectivity index (χ1v) is 10.7. The van der Waals surface area contributed by atoms with Crippen molar-refractivity contribution in [3.63, 3.8) is 0 Å². The van der Waals surface area contributed by atoms with Crippen LogP contribution in [0.1, 0.15) is 11.8 Å². The van der Waals surface area contributed by atoms with Crippen molar-refractivity contribution in [3.05, 3.63) is 32.5 Å². The Labute approximate surface area is 200 Å². The highest BCUT2D eigenvalue weighted by molar-refractivity contribution is 9.10. The van der Waals surface area contributed by atoms with Crippen LogP contribution in [0.5, 0.6) is 11.5 Å². The molecule has 0 spiro atoms. The second-order valence-electron chi connectivity index (χ2n) is 7.26. The summed E-state index contributed by atoms with van der Waals surface area (Å²) in [5.74, 6) is 0.793. The maximum absolute atomic E-state index is 12.4. The molecule has 4 atom stereocenters. The highest BCUT2D eigenvalue weighted by Gasteiger charge is 2.45. The Morgan fingerprint density at radius 3 is 2.65 bits per heavy atom. The van der Waals surface area contributed by atoms with E-state index in [2.05, 4.69) is 41.4 Å². The average molecular weight is 540 g/mol. The third-order valence-electron chi connectivity index (χ3n) is 5.21. The van der Waals surface area contributed by atoms with Crippen LogP contribution in [-0.2, 0) is 4.74 Å². The molecule has 7 N–H and O–H groups in total. The molecule has 0 bridgehead atoms. The highest BCUT2D eigenvalue weighted by Crippen LogP contribution is 2.34. The first-order valence-electron chi connectivity index (χ1n) is 9.89. The summed E-state index contributed by atoms with van der Waals surface area (Å²) < 4.78 is 18.1. The van der Waals surface area contributed by atoms with Crippen molar-refractivity contribution in [2.75, 3.05) is 32.0 Å². The number of fused-ring (bicyclic) bond motifs is 1. The zero-order chi connectivity index (χ0) is 24.6. The average Bonchev–Trinajstić information content (AvgIpc) is 3.31. The van der Waals surface area contributed by atoms with Crippen molar-refractivity contribution in [1.82, 2.24) is 19.5 Å². The Morgan fingerprint density at radius 1 is 1.29 bits per heavy atom. The molecule has 4 unspecified atom stereocenters. The number of methoxy groups -OCH3 is 2. The van der Waals surface area contributed by atoms with Crippen LogP contribution >= 0.6 is 15.9 Å². The molecule has 15 heteroatoms. The first-order chi connectivity index (χ1) is 16.3. The van der Waals surface area contributed by atoms with Gasteiger partial charge in [-0.3, -0.25) is 14.3 Å². The Hall–Kier alpha value is -3.24. The zero-order valence-electron chi connectivity index (χ0n) is 18.0. The molecule has 1 aromatic carbocycles. The predicted octanol–water partition coefficient (Wildman–Crippen LogP) is -0.461. The van der Waals surface area contributed by atoms with E-state index in [0.29, 0.717) is 21.5 Å². The van der Waals surface area contributed by atoms with E-state index in [0.717, 1.165) is 0 Å². The summed E-state index contributed by atoms with van der Waals surface area (Å²) in [4.78, 5) is 23.0. The monoisotopic (exact) mass is 539 g/mol. The van der Waals surface area contributed by atoms with Gasteiger partial charge >= 0.3 is 0 Å². The van der Waals surface area contributed by atoms with E-state index in [1.54, 1.807) is 12.1 Å². The van der Waals surface area contributed by atoms with Crippen LogP contribution in [0.3, 0.4) is 0 Å². The first kappa shape index (κ1) is 23.9. The predicted molar refractivity (Wildman–Crippen MR) is 124 cm³/mol. The fourth-order valence-corrected chi connectivity index (χ4v) is 3.97. The molecule has 2 aromatic heterocycles. The molecule has 14 nitrogen and oxygen atoms in total. The van der Waals surface area contributed by atoms with E-state index in [4.69, 9.17) is 19.9 Å². The standard InChI is InChI=1S/C19H22BrN7O7/c1-32-9-3-7(8(20)4-10(9)33-2)5-22-26-19-23-12-15(24-18(21)25-16(12)31)27(19)17-14(30)13(29)11(6-28)34-17/h3-5,11,13-14,17,28-30H,6H2,1-2H3,(H,23,26)(H3,21,24,25,31). The van der Waals surface area contributed by atoms with Crippen molar-refractivity contribution in [3.8, 4) is 11.5 Å². The third kappa shape index (κ3) is 4.19. The van der Waals surface area contributed by atoms with Crippen LogP contribution in [-0.4, -0.2) is 80.2 Å². The smallest absolute Gasteiger partial charge is 0.280 e. The lowest BCUT2D eigenvalue weighted by molar-refractivity contribution is -0.0501. The Morgan fingerprint density at radius 2 is 2.00 bits per heavy atom.